The Hall–Kier alpha value is -0.190. The fourth-order valence-electron chi connectivity index (χ4n) is 1.46. The van der Waals surface area contributed by atoms with Gasteiger partial charge in [0.2, 0.25) is 0 Å². The highest BCUT2D eigenvalue weighted by Gasteiger charge is 2.16. The number of halogens is 3. The lowest BCUT2D eigenvalue weighted by molar-refractivity contribution is 0.181. The van der Waals surface area contributed by atoms with Gasteiger partial charge in [0.25, 0.3) is 0 Å². The lowest BCUT2D eigenvalue weighted by Gasteiger charge is -2.09. The lowest BCUT2D eigenvalue weighted by Crippen LogP contribution is -2.06. The van der Waals surface area contributed by atoms with Gasteiger partial charge in [-0.15, -0.1) is 0 Å². The van der Waals surface area contributed by atoms with Crippen LogP contribution in [-0.4, -0.2) is 24.1 Å². The molecule has 2 rings (SSSR count). The first-order chi connectivity index (χ1) is 9.06. The zero-order chi connectivity index (χ0) is 14.0. The molecule has 2 aromatic rings. The maximum absolute atomic E-state index is 5.55. The minimum Gasteiger partial charge on any atom is -0.445 e. The number of rotatable bonds is 4. The van der Waals surface area contributed by atoms with Gasteiger partial charge in [-0.3, -0.25) is 0 Å². The van der Waals surface area contributed by atoms with Crippen molar-refractivity contribution in [1.82, 2.24) is 9.97 Å². The molecular formula is C11H10Br2IN3O2. The summed E-state index contributed by atoms with van der Waals surface area (Å²) in [5, 5.41) is 3.05. The number of furan rings is 1. The lowest BCUT2D eigenvalue weighted by atomic mass is 10.3. The van der Waals surface area contributed by atoms with Crippen molar-refractivity contribution in [2.75, 3.05) is 19.5 Å². The van der Waals surface area contributed by atoms with E-state index in [1.54, 1.807) is 7.11 Å². The monoisotopic (exact) mass is 501 g/mol. The van der Waals surface area contributed by atoms with E-state index in [1.807, 2.05) is 13.1 Å². The molecule has 0 amide bonds. The van der Waals surface area contributed by atoms with Crippen LogP contribution in [0.15, 0.2) is 19.6 Å². The van der Waals surface area contributed by atoms with Crippen LogP contribution in [0.3, 0.4) is 0 Å². The number of nitrogens with zero attached hydrogens (tertiary/aromatic N) is 2. The Labute approximate surface area is 140 Å². The Morgan fingerprint density at radius 2 is 2.16 bits per heavy atom. The molecule has 0 unspecified atom stereocenters. The smallest absolute Gasteiger partial charge is 0.198 e. The van der Waals surface area contributed by atoms with Crippen molar-refractivity contribution in [3.63, 3.8) is 0 Å². The third kappa shape index (κ3) is 3.29. The molecule has 102 valence electrons. The number of aromatic nitrogens is 2. The van der Waals surface area contributed by atoms with Gasteiger partial charge in [0.15, 0.2) is 16.3 Å². The summed E-state index contributed by atoms with van der Waals surface area (Å²) in [5.74, 6) is 1.86. The van der Waals surface area contributed by atoms with E-state index in [-0.39, 0.29) is 0 Å². The van der Waals surface area contributed by atoms with Crippen molar-refractivity contribution >= 4 is 60.3 Å². The van der Waals surface area contributed by atoms with E-state index in [0.29, 0.717) is 22.9 Å². The highest BCUT2D eigenvalue weighted by atomic mass is 127. The number of anilines is 1. The van der Waals surface area contributed by atoms with Gasteiger partial charge in [-0.05, 0) is 54.5 Å². The second kappa shape index (κ2) is 6.51. The molecule has 0 aliphatic heterocycles. The van der Waals surface area contributed by atoms with E-state index in [1.165, 1.54) is 0 Å². The second-order valence-corrected chi connectivity index (χ2v) is 6.23. The van der Waals surface area contributed by atoms with Crippen molar-refractivity contribution in [3.05, 3.63) is 24.5 Å². The molecule has 0 radical (unpaired) electrons. The van der Waals surface area contributed by atoms with Crippen molar-refractivity contribution < 1.29 is 9.15 Å². The third-order valence-electron chi connectivity index (χ3n) is 2.30. The molecule has 5 nitrogen and oxygen atoms in total. The Morgan fingerprint density at radius 1 is 1.42 bits per heavy atom. The SMILES string of the molecule is CNc1nc(-c2cc(Br)c(Br)o2)nc(COC)c1I. The molecule has 0 saturated heterocycles. The largest absolute Gasteiger partial charge is 0.445 e. The van der Waals surface area contributed by atoms with Crippen LogP contribution >= 0.6 is 54.5 Å². The number of methoxy groups -OCH3 is 1. The summed E-state index contributed by atoms with van der Waals surface area (Å²) in [5.41, 5.74) is 0.820. The van der Waals surface area contributed by atoms with Gasteiger partial charge in [-0.25, -0.2) is 9.97 Å². The standard InChI is InChI=1S/C11H10Br2IN3O2/c1-15-11-8(14)6(4-18-2)16-10(17-11)7-3-5(12)9(13)19-7/h3H,4H2,1-2H3,(H,15,16,17). The van der Waals surface area contributed by atoms with E-state index >= 15 is 0 Å². The van der Waals surface area contributed by atoms with Crippen LogP contribution in [0.1, 0.15) is 5.69 Å². The minimum absolute atomic E-state index is 0.422. The Morgan fingerprint density at radius 3 is 2.68 bits per heavy atom. The molecule has 2 heterocycles. The molecular weight excluding hydrogens is 493 g/mol. The molecule has 1 N–H and O–H groups in total. The Balaban J connectivity index is 2.54. The van der Waals surface area contributed by atoms with E-state index in [2.05, 4.69) is 69.7 Å². The van der Waals surface area contributed by atoms with Crippen molar-refractivity contribution in [3.8, 4) is 11.6 Å². The van der Waals surface area contributed by atoms with E-state index in [4.69, 9.17) is 9.15 Å². The first-order valence-electron chi connectivity index (χ1n) is 5.25. The number of hydrogen-bond acceptors (Lipinski definition) is 5. The summed E-state index contributed by atoms with van der Waals surface area (Å²) in [6.45, 7) is 0.422. The van der Waals surface area contributed by atoms with E-state index < -0.39 is 0 Å². The van der Waals surface area contributed by atoms with Crippen LogP contribution < -0.4 is 5.32 Å². The first kappa shape index (κ1) is 15.2. The quantitative estimate of drug-likeness (QED) is 0.639. The molecule has 0 fully saturated rings. The van der Waals surface area contributed by atoms with Gasteiger partial charge in [0.05, 0.1) is 20.3 Å². The fraction of sp³-hybridized carbons (Fsp3) is 0.273. The fourth-order valence-corrected chi connectivity index (χ4v) is 2.70. The van der Waals surface area contributed by atoms with Gasteiger partial charge in [0, 0.05) is 20.2 Å². The highest BCUT2D eigenvalue weighted by Crippen LogP contribution is 2.32. The van der Waals surface area contributed by atoms with Crippen molar-refractivity contribution in [2.45, 2.75) is 6.61 Å². The molecule has 0 aliphatic rings. The van der Waals surface area contributed by atoms with Gasteiger partial charge >= 0.3 is 0 Å². The molecule has 0 bridgehead atoms. The maximum Gasteiger partial charge on any atom is 0.198 e. The number of ether oxygens (including phenoxy) is 1. The zero-order valence-electron chi connectivity index (χ0n) is 10.1. The molecule has 0 spiro atoms. The van der Waals surface area contributed by atoms with Gasteiger partial charge < -0.3 is 14.5 Å². The summed E-state index contributed by atoms with van der Waals surface area (Å²) >= 11 is 8.87. The maximum atomic E-state index is 5.55. The van der Waals surface area contributed by atoms with Crippen LogP contribution in [0.25, 0.3) is 11.6 Å². The predicted octanol–water partition coefficient (Wildman–Crippen LogP) is 4.05. The molecule has 0 saturated carbocycles. The average Bonchev–Trinajstić information content (AvgIpc) is 2.72. The highest BCUT2D eigenvalue weighted by molar-refractivity contribution is 14.1. The molecule has 0 aliphatic carbocycles. The van der Waals surface area contributed by atoms with Gasteiger partial charge in [0.1, 0.15) is 5.82 Å². The number of nitrogens with one attached hydrogen (secondary N) is 1. The summed E-state index contributed by atoms with van der Waals surface area (Å²) in [6.07, 6.45) is 0. The zero-order valence-corrected chi connectivity index (χ0v) is 15.5. The second-order valence-electron chi connectivity index (χ2n) is 3.57. The summed E-state index contributed by atoms with van der Waals surface area (Å²) in [4.78, 5) is 8.91. The van der Waals surface area contributed by atoms with Crippen molar-refractivity contribution in [1.29, 1.82) is 0 Å². The first-order valence-corrected chi connectivity index (χ1v) is 7.91. The Bertz CT molecular complexity index is 584. The summed E-state index contributed by atoms with van der Waals surface area (Å²) < 4.78 is 13.1. The van der Waals surface area contributed by atoms with Crippen LogP contribution in [0.4, 0.5) is 5.82 Å². The molecule has 19 heavy (non-hydrogen) atoms. The normalized spacial score (nSPS) is 10.8. The molecule has 2 aromatic heterocycles. The van der Waals surface area contributed by atoms with E-state index in [0.717, 1.165) is 19.6 Å². The molecule has 0 aromatic carbocycles. The molecule has 0 atom stereocenters. The summed E-state index contributed by atoms with van der Waals surface area (Å²) in [6, 6.07) is 1.82. The van der Waals surface area contributed by atoms with Gasteiger partial charge in [-0.2, -0.15) is 0 Å². The average molecular weight is 503 g/mol. The van der Waals surface area contributed by atoms with Crippen LogP contribution in [-0.2, 0) is 11.3 Å². The number of hydrogen-bond donors (Lipinski definition) is 1. The van der Waals surface area contributed by atoms with Crippen LogP contribution in [0, 0.1) is 3.57 Å². The molecule has 8 heteroatoms. The Kier molecular flexibility index (Phi) is 5.21. The third-order valence-corrected chi connectivity index (χ3v) is 5.15. The van der Waals surface area contributed by atoms with Crippen LogP contribution in [0.2, 0.25) is 0 Å². The minimum atomic E-state index is 0.422. The predicted molar refractivity (Wildman–Crippen MR) is 88.1 cm³/mol. The summed E-state index contributed by atoms with van der Waals surface area (Å²) in [7, 11) is 3.45. The van der Waals surface area contributed by atoms with Crippen LogP contribution in [0.5, 0.6) is 0 Å². The van der Waals surface area contributed by atoms with Crippen molar-refractivity contribution in [2.24, 2.45) is 0 Å². The van der Waals surface area contributed by atoms with Gasteiger partial charge in [-0.1, -0.05) is 0 Å². The van der Waals surface area contributed by atoms with E-state index in [9.17, 15) is 0 Å². The topological polar surface area (TPSA) is 60.2 Å².